The number of aliphatic hydroxyl groups is 1. The zero-order valence-corrected chi connectivity index (χ0v) is 9.63. The summed E-state index contributed by atoms with van der Waals surface area (Å²) in [5, 5.41) is 9.61. The molecule has 1 aliphatic heterocycles. The van der Waals surface area contributed by atoms with Gasteiger partial charge in [-0.05, 0) is 12.3 Å². The smallest absolute Gasteiger partial charge is 0.272 e. The highest BCUT2D eigenvalue weighted by Gasteiger charge is 2.28. The molecule has 5 heteroatoms. The van der Waals surface area contributed by atoms with E-state index in [1.54, 1.807) is 22.0 Å². The number of rotatable bonds is 1. The molecular formula is C11H17N3O2. The van der Waals surface area contributed by atoms with Gasteiger partial charge in [-0.1, -0.05) is 6.92 Å². The quantitative estimate of drug-likeness (QED) is 0.743. The van der Waals surface area contributed by atoms with Gasteiger partial charge in [0.2, 0.25) is 0 Å². The maximum Gasteiger partial charge on any atom is 0.272 e. The summed E-state index contributed by atoms with van der Waals surface area (Å²) >= 11 is 0. The number of nitrogens with zero attached hydrogens (tertiary/aromatic N) is 3. The number of aromatic nitrogens is 2. The predicted molar refractivity (Wildman–Crippen MR) is 58.9 cm³/mol. The summed E-state index contributed by atoms with van der Waals surface area (Å²) in [6.45, 7) is 3.20. The van der Waals surface area contributed by atoms with Gasteiger partial charge in [-0.3, -0.25) is 4.79 Å². The maximum absolute atomic E-state index is 12.1. The van der Waals surface area contributed by atoms with E-state index < -0.39 is 0 Å². The zero-order chi connectivity index (χ0) is 11.7. The summed E-state index contributed by atoms with van der Waals surface area (Å²) < 4.78 is 1.72. The Bertz CT molecular complexity index is 388. The molecule has 2 heterocycles. The number of aliphatic hydroxyl groups excluding tert-OH is 1. The van der Waals surface area contributed by atoms with E-state index in [0.717, 1.165) is 0 Å². The molecule has 1 aromatic heterocycles. The van der Waals surface area contributed by atoms with E-state index in [-0.39, 0.29) is 17.9 Å². The minimum atomic E-state index is -0.282. The molecule has 1 saturated heterocycles. The lowest BCUT2D eigenvalue weighted by Crippen LogP contribution is -2.45. The number of hydrogen-bond acceptors (Lipinski definition) is 3. The average Bonchev–Trinajstić information content (AvgIpc) is 2.67. The first-order valence-electron chi connectivity index (χ1n) is 5.53. The minimum absolute atomic E-state index is 0.00116. The molecule has 2 rings (SSSR count). The third-order valence-electron chi connectivity index (χ3n) is 3.18. The molecular weight excluding hydrogens is 206 g/mol. The van der Waals surface area contributed by atoms with E-state index in [4.69, 9.17) is 0 Å². The van der Waals surface area contributed by atoms with E-state index >= 15 is 0 Å². The number of carbonyl (C=O) groups is 1. The molecule has 0 aromatic carbocycles. The van der Waals surface area contributed by atoms with Crippen molar-refractivity contribution in [1.82, 2.24) is 14.5 Å². The monoisotopic (exact) mass is 223 g/mol. The molecule has 0 radical (unpaired) electrons. The lowest BCUT2D eigenvalue weighted by Gasteiger charge is -2.34. The SMILES string of the molecule is CC1CN(C(=O)c2cncn2C)CCC1O. The fourth-order valence-electron chi connectivity index (χ4n) is 2.04. The molecule has 1 amide bonds. The summed E-state index contributed by atoms with van der Waals surface area (Å²) in [4.78, 5) is 17.8. The van der Waals surface area contributed by atoms with Crippen LogP contribution in [0.25, 0.3) is 0 Å². The van der Waals surface area contributed by atoms with Gasteiger partial charge in [-0.2, -0.15) is 0 Å². The Morgan fingerprint density at radius 1 is 1.62 bits per heavy atom. The summed E-state index contributed by atoms with van der Waals surface area (Å²) in [6, 6.07) is 0. The molecule has 0 saturated carbocycles. The lowest BCUT2D eigenvalue weighted by molar-refractivity contribution is 0.0292. The highest BCUT2D eigenvalue weighted by Crippen LogP contribution is 2.18. The van der Waals surface area contributed by atoms with Crippen molar-refractivity contribution >= 4 is 5.91 Å². The van der Waals surface area contributed by atoms with E-state index in [0.29, 0.717) is 25.2 Å². The van der Waals surface area contributed by atoms with Crippen LogP contribution in [0.5, 0.6) is 0 Å². The van der Waals surface area contributed by atoms with Gasteiger partial charge < -0.3 is 14.6 Å². The second-order valence-electron chi connectivity index (χ2n) is 4.47. The predicted octanol–water partition coefficient (Wildman–Crippen LogP) is 0.263. The molecule has 1 fully saturated rings. The number of aryl methyl sites for hydroxylation is 1. The number of likely N-dealkylation sites (tertiary alicyclic amines) is 1. The van der Waals surface area contributed by atoms with Gasteiger partial charge in [0.15, 0.2) is 0 Å². The van der Waals surface area contributed by atoms with Crippen molar-refractivity contribution in [3.8, 4) is 0 Å². The number of piperidine rings is 1. The van der Waals surface area contributed by atoms with Crippen molar-refractivity contribution in [2.45, 2.75) is 19.4 Å². The van der Waals surface area contributed by atoms with Gasteiger partial charge in [-0.15, -0.1) is 0 Å². The van der Waals surface area contributed by atoms with Crippen LogP contribution < -0.4 is 0 Å². The molecule has 88 valence electrons. The topological polar surface area (TPSA) is 58.4 Å². The van der Waals surface area contributed by atoms with E-state index in [9.17, 15) is 9.90 Å². The van der Waals surface area contributed by atoms with E-state index in [1.807, 2.05) is 14.0 Å². The van der Waals surface area contributed by atoms with Crippen LogP contribution >= 0.6 is 0 Å². The molecule has 1 N–H and O–H groups in total. The minimum Gasteiger partial charge on any atom is -0.393 e. The normalized spacial score (nSPS) is 25.8. The number of imidazole rings is 1. The third-order valence-corrected chi connectivity index (χ3v) is 3.18. The Kier molecular flexibility index (Phi) is 2.96. The number of amides is 1. The first-order chi connectivity index (χ1) is 7.59. The molecule has 0 bridgehead atoms. The third kappa shape index (κ3) is 1.95. The van der Waals surface area contributed by atoms with E-state index in [1.165, 1.54) is 0 Å². The van der Waals surface area contributed by atoms with Crippen LogP contribution in [0.15, 0.2) is 12.5 Å². The van der Waals surface area contributed by atoms with Gasteiger partial charge in [0, 0.05) is 20.1 Å². The standard InChI is InChI=1S/C11H17N3O2/c1-8-6-14(4-3-10(8)15)11(16)9-5-12-7-13(9)2/h5,7-8,10,15H,3-4,6H2,1-2H3. The Balaban J connectivity index is 2.09. The molecule has 5 nitrogen and oxygen atoms in total. The second-order valence-corrected chi connectivity index (χ2v) is 4.47. The Morgan fingerprint density at radius 3 is 2.94 bits per heavy atom. The van der Waals surface area contributed by atoms with Crippen molar-refractivity contribution in [2.24, 2.45) is 13.0 Å². The average molecular weight is 223 g/mol. The zero-order valence-electron chi connectivity index (χ0n) is 9.63. The summed E-state index contributed by atoms with van der Waals surface area (Å²) in [5.41, 5.74) is 0.601. The van der Waals surface area contributed by atoms with Crippen LogP contribution in [0.4, 0.5) is 0 Å². The van der Waals surface area contributed by atoms with Crippen LogP contribution in [0.3, 0.4) is 0 Å². The van der Waals surface area contributed by atoms with Crippen LogP contribution in [0, 0.1) is 5.92 Å². The number of carbonyl (C=O) groups excluding carboxylic acids is 1. The highest BCUT2D eigenvalue weighted by molar-refractivity contribution is 5.92. The molecule has 1 aliphatic rings. The lowest BCUT2D eigenvalue weighted by atomic mass is 9.96. The van der Waals surface area contributed by atoms with Crippen molar-refractivity contribution in [2.75, 3.05) is 13.1 Å². The maximum atomic E-state index is 12.1. The van der Waals surface area contributed by atoms with Crippen molar-refractivity contribution in [3.05, 3.63) is 18.2 Å². The van der Waals surface area contributed by atoms with Crippen molar-refractivity contribution in [1.29, 1.82) is 0 Å². The molecule has 0 spiro atoms. The fourth-order valence-corrected chi connectivity index (χ4v) is 2.04. The van der Waals surface area contributed by atoms with Crippen molar-refractivity contribution < 1.29 is 9.90 Å². The second kappa shape index (κ2) is 4.25. The number of hydrogen-bond donors (Lipinski definition) is 1. The fraction of sp³-hybridized carbons (Fsp3) is 0.636. The van der Waals surface area contributed by atoms with Crippen molar-refractivity contribution in [3.63, 3.8) is 0 Å². The van der Waals surface area contributed by atoms with Crippen LogP contribution in [-0.2, 0) is 7.05 Å². The molecule has 2 atom stereocenters. The first-order valence-corrected chi connectivity index (χ1v) is 5.53. The summed E-state index contributed by atoms with van der Waals surface area (Å²) in [6.07, 6.45) is 3.58. The molecule has 0 aliphatic carbocycles. The summed E-state index contributed by atoms with van der Waals surface area (Å²) in [7, 11) is 1.81. The van der Waals surface area contributed by atoms with Crippen LogP contribution in [-0.4, -0.2) is 44.7 Å². The van der Waals surface area contributed by atoms with Gasteiger partial charge in [-0.25, -0.2) is 4.98 Å². The summed E-state index contributed by atoms with van der Waals surface area (Å²) in [5.74, 6) is 0.143. The molecule has 1 aromatic rings. The van der Waals surface area contributed by atoms with Gasteiger partial charge in [0.1, 0.15) is 5.69 Å². The largest absolute Gasteiger partial charge is 0.393 e. The Morgan fingerprint density at radius 2 is 2.38 bits per heavy atom. The Hall–Kier alpha value is -1.36. The van der Waals surface area contributed by atoms with Gasteiger partial charge >= 0.3 is 0 Å². The molecule has 2 unspecified atom stereocenters. The van der Waals surface area contributed by atoms with Crippen LogP contribution in [0.2, 0.25) is 0 Å². The highest BCUT2D eigenvalue weighted by atomic mass is 16.3. The van der Waals surface area contributed by atoms with Gasteiger partial charge in [0.25, 0.3) is 5.91 Å². The first kappa shape index (κ1) is 11.1. The molecule has 16 heavy (non-hydrogen) atoms. The van der Waals surface area contributed by atoms with Gasteiger partial charge in [0.05, 0.1) is 18.6 Å². The Labute approximate surface area is 94.7 Å². The van der Waals surface area contributed by atoms with Crippen LogP contribution in [0.1, 0.15) is 23.8 Å². The van der Waals surface area contributed by atoms with E-state index in [2.05, 4.69) is 4.98 Å².